The van der Waals surface area contributed by atoms with Gasteiger partial charge in [-0.3, -0.25) is 15.0 Å². The molecule has 1 aliphatic rings. The number of hydrogen-bond acceptors (Lipinski definition) is 6. The van der Waals surface area contributed by atoms with E-state index in [1.165, 1.54) is 39.6 Å². The zero-order valence-electron chi connectivity index (χ0n) is 19.0. The van der Waals surface area contributed by atoms with Crippen LogP contribution in [0, 0.1) is 5.92 Å². The number of nitrogens with one attached hydrogen (secondary N) is 2. The number of aromatic nitrogens is 2. The molecular formula is C23H27N5O5S. The molecular weight excluding hydrogens is 458 g/mol. The largest absolute Gasteiger partial charge is 0.379 e. The second-order valence-electron chi connectivity index (χ2n) is 8.32. The molecule has 0 aliphatic carbocycles. The summed E-state index contributed by atoms with van der Waals surface area (Å²) in [6, 6.07) is 12.3. The number of amides is 2. The molecule has 2 heterocycles. The van der Waals surface area contributed by atoms with Crippen molar-refractivity contribution in [2.75, 3.05) is 31.7 Å². The summed E-state index contributed by atoms with van der Waals surface area (Å²) in [4.78, 5) is 30.3. The predicted molar refractivity (Wildman–Crippen MR) is 126 cm³/mol. The van der Waals surface area contributed by atoms with Gasteiger partial charge in [-0.2, -0.15) is 4.31 Å². The fourth-order valence-electron chi connectivity index (χ4n) is 3.73. The van der Waals surface area contributed by atoms with Crippen LogP contribution >= 0.6 is 0 Å². The Kier molecular flexibility index (Phi) is 6.96. The Morgan fingerprint density at radius 3 is 2.53 bits per heavy atom. The normalized spacial score (nSPS) is 15.9. The standard InChI is InChI=1S/C23H27N5O5S/c1-16(2)21(23(30)26-28-15-24-19-8-3-4-9-20(19)28)25-22(29)17-6-5-7-18(14-17)34(31,32)27-10-12-33-13-11-27/h3-9,14-16,21H,10-13H2,1-2H3,(H,25,29)(H,26,30)/t21-/m0/s1. The van der Waals surface area contributed by atoms with E-state index >= 15 is 0 Å². The highest BCUT2D eigenvalue weighted by Gasteiger charge is 2.28. The zero-order chi connectivity index (χ0) is 24.3. The summed E-state index contributed by atoms with van der Waals surface area (Å²) in [5.41, 5.74) is 4.38. The molecule has 11 heteroatoms. The van der Waals surface area contributed by atoms with Gasteiger partial charge in [-0.25, -0.2) is 18.1 Å². The first-order chi connectivity index (χ1) is 16.3. The Balaban J connectivity index is 1.50. The molecule has 1 saturated heterocycles. The second kappa shape index (κ2) is 9.92. The summed E-state index contributed by atoms with van der Waals surface area (Å²) in [7, 11) is -3.75. The Labute approximate surface area is 197 Å². The van der Waals surface area contributed by atoms with Crippen LogP contribution in [0.4, 0.5) is 0 Å². The van der Waals surface area contributed by atoms with Gasteiger partial charge in [0.1, 0.15) is 12.4 Å². The molecule has 0 bridgehead atoms. The average Bonchev–Trinajstić information content (AvgIpc) is 3.25. The fraction of sp³-hybridized carbons (Fsp3) is 0.348. The minimum atomic E-state index is -3.75. The third-order valence-electron chi connectivity index (χ3n) is 5.62. The summed E-state index contributed by atoms with van der Waals surface area (Å²) in [6.45, 7) is 4.81. The van der Waals surface area contributed by atoms with Crippen molar-refractivity contribution in [1.82, 2.24) is 19.3 Å². The monoisotopic (exact) mass is 485 g/mol. The number of carbonyl (C=O) groups is 2. The summed E-state index contributed by atoms with van der Waals surface area (Å²) in [6.07, 6.45) is 1.50. The third kappa shape index (κ3) is 4.96. The van der Waals surface area contributed by atoms with E-state index in [1.807, 2.05) is 38.1 Å². The molecule has 0 unspecified atom stereocenters. The number of fused-ring (bicyclic) bond motifs is 1. The number of carbonyl (C=O) groups excluding carboxylic acids is 2. The lowest BCUT2D eigenvalue weighted by atomic mass is 10.0. The number of nitrogens with zero attached hydrogens (tertiary/aromatic N) is 3. The van der Waals surface area contributed by atoms with Gasteiger partial charge >= 0.3 is 0 Å². The Bertz CT molecular complexity index is 1300. The van der Waals surface area contributed by atoms with Crippen LogP contribution in [0.1, 0.15) is 24.2 Å². The number of rotatable bonds is 7. The fourth-order valence-corrected chi connectivity index (χ4v) is 5.18. The lowest BCUT2D eigenvalue weighted by Crippen LogP contribution is -2.48. The van der Waals surface area contributed by atoms with Crippen LogP contribution < -0.4 is 10.7 Å². The quantitative estimate of drug-likeness (QED) is 0.524. The van der Waals surface area contributed by atoms with E-state index in [0.717, 1.165) is 11.0 Å². The van der Waals surface area contributed by atoms with Crippen LogP contribution in [0.3, 0.4) is 0 Å². The van der Waals surface area contributed by atoms with Crippen molar-refractivity contribution in [1.29, 1.82) is 0 Å². The summed E-state index contributed by atoms with van der Waals surface area (Å²) in [5.74, 6) is -1.18. The van der Waals surface area contributed by atoms with Crippen molar-refractivity contribution >= 4 is 32.9 Å². The molecule has 4 rings (SSSR count). The maximum Gasteiger partial charge on any atom is 0.261 e. The number of morpholine rings is 1. The molecule has 0 saturated carbocycles. The molecule has 2 aromatic carbocycles. The van der Waals surface area contributed by atoms with Gasteiger partial charge in [0.15, 0.2) is 0 Å². The number of imidazole rings is 1. The highest BCUT2D eigenvalue weighted by atomic mass is 32.2. The van der Waals surface area contributed by atoms with E-state index < -0.39 is 27.9 Å². The molecule has 3 aromatic rings. The molecule has 1 fully saturated rings. The topological polar surface area (TPSA) is 123 Å². The van der Waals surface area contributed by atoms with Gasteiger partial charge in [-0.1, -0.05) is 32.0 Å². The molecule has 1 atom stereocenters. The van der Waals surface area contributed by atoms with E-state index in [9.17, 15) is 18.0 Å². The Morgan fingerprint density at radius 1 is 1.06 bits per heavy atom. The van der Waals surface area contributed by atoms with Gasteiger partial charge in [0.2, 0.25) is 10.0 Å². The van der Waals surface area contributed by atoms with Gasteiger partial charge in [-0.15, -0.1) is 0 Å². The predicted octanol–water partition coefficient (Wildman–Crippen LogP) is 1.58. The van der Waals surface area contributed by atoms with Gasteiger partial charge in [0.05, 0.1) is 29.1 Å². The second-order valence-corrected chi connectivity index (χ2v) is 10.3. The van der Waals surface area contributed by atoms with Crippen LogP contribution in [0.5, 0.6) is 0 Å². The van der Waals surface area contributed by atoms with Crippen LogP contribution in [-0.2, 0) is 19.6 Å². The maximum absolute atomic E-state index is 13.0. The number of benzene rings is 2. The summed E-state index contributed by atoms with van der Waals surface area (Å²) in [5, 5.41) is 2.74. The number of hydrogen-bond donors (Lipinski definition) is 2. The van der Waals surface area contributed by atoms with Gasteiger partial charge in [-0.05, 0) is 36.2 Å². The lowest BCUT2D eigenvalue weighted by Gasteiger charge is -2.26. The van der Waals surface area contributed by atoms with Gasteiger partial charge < -0.3 is 10.1 Å². The van der Waals surface area contributed by atoms with Crippen LogP contribution in [-0.4, -0.2) is 66.5 Å². The molecule has 0 radical (unpaired) electrons. The molecule has 1 aliphatic heterocycles. The van der Waals surface area contributed by atoms with E-state index in [1.54, 1.807) is 0 Å². The molecule has 10 nitrogen and oxygen atoms in total. The first-order valence-electron chi connectivity index (χ1n) is 11.0. The molecule has 180 valence electrons. The summed E-state index contributed by atoms with van der Waals surface area (Å²) < 4.78 is 34.0. The van der Waals surface area contributed by atoms with Crippen LogP contribution in [0.2, 0.25) is 0 Å². The number of sulfonamides is 1. The first kappa shape index (κ1) is 23.9. The van der Waals surface area contributed by atoms with E-state index in [-0.39, 0.29) is 29.5 Å². The molecule has 0 spiro atoms. The molecule has 1 aromatic heterocycles. The van der Waals surface area contributed by atoms with Crippen LogP contribution in [0.15, 0.2) is 59.8 Å². The Hall–Kier alpha value is -3.28. The third-order valence-corrected chi connectivity index (χ3v) is 7.52. The Morgan fingerprint density at radius 2 is 1.79 bits per heavy atom. The lowest BCUT2D eigenvalue weighted by molar-refractivity contribution is -0.119. The van der Waals surface area contributed by atoms with E-state index in [4.69, 9.17) is 4.74 Å². The highest BCUT2D eigenvalue weighted by Crippen LogP contribution is 2.19. The first-order valence-corrected chi connectivity index (χ1v) is 12.4. The zero-order valence-corrected chi connectivity index (χ0v) is 19.8. The number of ether oxygens (including phenoxy) is 1. The molecule has 2 N–H and O–H groups in total. The van der Waals surface area contributed by atoms with Crippen molar-refractivity contribution in [2.24, 2.45) is 5.92 Å². The van der Waals surface area contributed by atoms with Crippen molar-refractivity contribution < 1.29 is 22.7 Å². The van der Waals surface area contributed by atoms with Gasteiger partial charge in [0, 0.05) is 18.7 Å². The minimum absolute atomic E-state index is 0.0254. The highest BCUT2D eigenvalue weighted by molar-refractivity contribution is 7.89. The van der Waals surface area contributed by atoms with E-state index in [2.05, 4.69) is 15.7 Å². The summed E-state index contributed by atoms with van der Waals surface area (Å²) >= 11 is 0. The SMILES string of the molecule is CC(C)[C@H](NC(=O)c1cccc(S(=O)(=O)N2CCOCC2)c1)C(=O)Nn1cnc2ccccc21. The maximum atomic E-state index is 13.0. The van der Waals surface area contributed by atoms with Crippen molar-refractivity contribution in [3.8, 4) is 0 Å². The van der Waals surface area contributed by atoms with Gasteiger partial charge in [0.25, 0.3) is 11.8 Å². The van der Waals surface area contributed by atoms with E-state index in [0.29, 0.717) is 13.2 Å². The average molecular weight is 486 g/mol. The minimum Gasteiger partial charge on any atom is -0.379 e. The van der Waals surface area contributed by atoms with Crippen molar-refractivity contribution in [3.05, 3.63) is 60.4 Å². The molecule has 34 heavy (non-hydrogen) atoms. The van der Waals surface area contributed by atoms with Crippen molar-refractivity contribution in [3.63, 3.8) is 0 Å². The van der Waals surface area contributed by atoms with Crippen molar-refractivity contribution in [2.45, 2.75) is 24.8 Å². The number of para-hydroxylation sites is 2. The smallest absolute Gasteiger partial charge is 0.261 e. The molecule has 2 amide bonds. The van der Waals surface area contributed by atoms with Crippen LogP contribution in [0.25, 0.3) is 11.0 Å².